The first-order valence-corrected chi connectivity index (χ1v) is 6.54. The molecule has 0 atom stereocenters. The second-order valence-corrected chi connectivity index (χ2v) is 5.04. The van der Waals surface area contributed by atoms with Crippen molar-refractivity contribution < 1.29 is 4.74 Å². The first kappa shape index (κ1) is 12.5. The molecule has 2 aromatic carbocycles. The standard InChI is InChI=1S/C14H12BrClO/c15-12-4-2-6-14(10-12)17-8-7-11-3-1-5-13(16)9-11/h1-6,9-10H,7-8H2. The van der Waals surface area contributed by atoms with Crippen molar-refractivity contribution in [3.63, 3.8) is 0 Å². The van der Waals surface area contributed by atoms with E-state index >= 15 is 0 Å². The van der Waals surface area contributed by atoms with Gasteiger partial charge in [-0.25, -0.2) is 0 Å². The molecule has 0 aliphatic rings. The van der Waals surface area contributed by atoms with E-state index in [1.807, 2.05) is 42.5 Å². The van der Waals surface area contributed by atoms with E-state index in [-0.39, 0.29) is 0 Å². The summed E-state index contributed by atoms with van der Waals surface area (Å²) in [6, 6.07) is 15.7. The van der Waals surface area contributed by atoms with E-state index in [2.05, 4.69) is 22.0 Å². The minimum atomic E-state index is 0.650. The summed E-state index contributed by atoms with van der Waals surface area (Å²) >= 11 is 9.33. The van der Waals surface area contributed by atoms with Crippen LogP contribution in [-0.2, 0) is 6.42 Å². The van der Waals surface area contributed by atoms with E-state index in [0.717, 1.165) is 21.7 Å². The molecule has 2 rings (SSSR count). The fourth-order valence-electron chi connectivity index (χ4n) is 1.54. The Bertz CT molecular complexity index is 454. The average Bonchev–Trinajstić information content (AvgIpc) is 2.29. The number of hydrogen-bond donors (Lipinski definition) is 0. The van der Waals surface area contributed by atoms with Gasteiger partial charge in [0.15, 0.2) is 0 Å². The summed E-state index contributed by atoms with van der Waals surface area (Å²) in [4.78, 5) is 0. The van der Waals surface area contributed by atoms with Gasteiger partial charge in [-0.2, -0.15) is 0 Å². The van der Waals surface area contributed by atoms with Crippen LogP contribution in [0.4, 0.5) is 0 Å². The van der Waals surface area contributed by atoms with Gasteiger partial charge in [0, 0.05) is 15.9 Å². The van der Waals surface area contributed by atoms with Gasteiger partial charge >= 0.3 is 0 Å². The second-order valence-electron chi connectivity index (χ2n) is 3.69. The van der Waals surface area contributed by atoms with Gasteiger partial charge in [0.05, 0.1) is 6.61 Å². The minimum Gasteiger partial charge on any atom is -0.493 e. The first-order valence-electron chi connectivity index (χ1n) is 5.37. The average molecular weight is 312 g/mol. The highest BCUT2D eigenvalue weighted by Crippen LogP contribution is 2.18. The Labute approximate surface area is 115 Å². The third-order valence-electron chi connectivity index (χ3n) is 2.34. The molecule has 88 valence electrons. The van der Waals surface area contributed by atoms with Crippen LogP contribution in [0.1, 0.15) is 5.56 Å². The SMILES string of the molecule is Clc1cccc(CCOc2cccc(Br)c2)c1. The maximum atomic E-state index is 5.91. The molecule has 0 fully saturated rings. The topological polar surface area (TPSA) is 9.23 Å². The number of hydrogen-bond acceptors (Lipinski definition) is 1. The lowest BCUT2D eigenvalue weighted by Crippen LogP contribution is -2.01. The molecule has 0 aliphatic heterocycles. The highest BCUT2D eigenvalue weighted by molar-refractivity contribution is 9.10. The van der Waals surface area contributed by atoms with Gasteiger partial charge < -0.3 is 4.74 Å². The van der Waals surface area contributed by atoms with Crippen molar-refractivity contribution in [2.75, 3.05) is 6.61 Å². The predicted molar refractivity (Wildman–Crippen MR) is 74.8 cm³/mol. The third kappa shape index (κ3) is 4.06. The van der Waals surface area contributed by atoms with Crippen molar-refractivity contribution in [3.8, 4) is 5.75 Å². The molecule has 0 saturated carbocycles. The van der Waals surface area contributed by atoms with Crippen molar-refractivity contribution in [2.24, 2.45) is 0 Å². The summed E-state index contributed by atoms with van der Waals surface area (Å²) in [7, 11) is 0. The lowest BCUT2D eigenvalue weighted by atomic mass is 10.2. The molecule has 0 spiro atoms. The molecule has 0 unspecified atom stereocenters. The molecule has 0 heterocycles. The third-order valence-corrected chi connectivity index (χ3v) is 3.07. The zero-order valence-electron chi connectivity index (χ0n) is 9.20. The quantitative estimate of drug-likeness (QED) is 0.793. The minimum absolute atomic E-state index is 0.650. The van der Waals surface area contributed by atoms with Crippen LogP contribution in [0.25, 0.3) is 0 Å². The van der Waals surface area contributed by atoms with Gasteiger partial charge in [0.2, 0.25) is 0 Å². The van der Waals surface area contributed by atoms with Crippen LogP contribution in [0, 0.1) is 0 Å². The van der Waals surface area contributed by atoms with Crippen molar-refractivity contribution >= 4 is 27.5 Å². The smallest absolute Gasteiger partial charge is 0.120 e. The summed E-state index contributed by atoms with van der Waals surface area (Å²) in [6.45, 7) is 0.650. The molecule has 0 aliphatic carbocycles. The Kier molecular flexibility index (Phi) is 4.46. The second kappa shape index (κ2) is 6.08. The molecular weight excluding hydrogens is 300 g/mol. The fraction of sp³-hybridized carbons (Fsp3) is 0.143. The van der Waals surface area contributed by atoms with Gasteiger partial charge in [-0.15, -0.1) is 0 Å². The lowest BCUT2D eigenvalue weighted by molar-refractivity contribution is 0.322. The monoisotopic (exact) mass is 310 g/mol. The molecule has 1 nitrogen and oxygen atoms in total. The number of halogens is 2. The Morgan fingerprint density at radius 3 is 2.65 bits per heavy atom. The van der Waals surface area contributed by atoms with Crippen LogP contribution < -0.4 is 4.74 Å². The van der Waals surface area contributed by atoms with Crippen molar-refractivity contribution in [1.82, 2.24) is 0 Å². The summed E-state index contributed by atoms with van der Waals surface area (Å²) in [5.74, 6) is 0.876. The van der Waals surface area contributed by atoms with Crippen LogP contribution in [0.15, 0.2) is 53.0 Å². The predicted octanol–water partition coefficient (Wildman–Crippen LogP) is 4.72. The van der Waals surface area contributed by atoms with Gasteiger partial charge in [-0.1, -0.05) is 45.7 Å². The molecule has 0 saturated heterocycles. The summed E-state index contributed by atoms with van der Waals surface area (Å²) in [5.41, 5.74) is 1.19. The Balaban J connectivity index is 1.87. The summed E-state index contributed by atoms with van der Waals surface area (Å²) < 4.78 is 6.68. The van der Waals surface area contributed by atoms with Crippen LogP contribution in [-0.4, -0.2) is 6.61 Å². The Morgan fingerprint density at radius 1 is 1.06 bits per heavy atom. The maximum absolute atomic E-state index is 5.91. The highest BCUT2D eigenvalue weighted by Gasteiger charge is 1.97. The number of rotatable bonds is 4. The van der Waals surface area contributed by atoms with Crippen molar-refractivity contribution in [2.45, 2.75) is 6.42 Å². The van der Waals surface area contributed by atoms with E-state index in [0.29, 0.717) is 6.61 Å². The van der Waals surface area contributed by atoms with Gasteiger partial charge in [-0.05, 0) is 35.9 Å². The van der Waals surface area contributed by atoms with E-state index in [9.17, 15) is 0 Å². The van der Waals surface area contributed by atoms with Crippen molar-refractivity contribution in [1.29, 1.82) is 0 Å². The van der Waals surface area contributed by atoms with Crippen LogP contribution in [0.3, 0.4) is 0 Å². The zero-order valence-corrected chi connectivity index (χ0v) is 11.5. The Hall–Kier alpha value is -0.990. The molecule has 0 amide bonds. The summed E-state index contributed by atoms with van der Waals surface area (Å²) in [6.07, 6.45) is 0.854. The summed E-state index contributed by atoms with van der Waals surface area (Å²) in [5, 5.41) is 0.768. The van der Waals surface area contributed by atoms with Gasteiger partial charge in [0.25, 0.3) is 0 Å². The molecule has 0 radical (unpaired) electrons. The lowest BCUT2D eigenvalue weighted by Gasteiger charge is -2.06. The van der Waals surface area contributed by atoms with E-state index in [1.165, 1.54) is 5.56 Å². The van der Waals surface area contributed by atoms with E-state index in [1.54, 1.807) is 0 Å². The number of ether oxygens (including phenoxy) is 1. The van der Waals surface area contributed by atoms with Crippen LogP contribution in [0.2, 0.25) is 5.02 Å². The molecule has 3 heteroatoms. The molecule has 17 heavy (non-hydrogen) atoms. The maximum Gasteiger partial charge on any atom is 0.120 e. The molecule has 2 aromatic rings. The largest absolute Gasteiger partial charge is 0.493 e. The Morgan fingerprint density at radius 2 is 1.88 bits per heavy atom. The van der Waals surface area contributed by atoms with Crippen LogP contribution >= 0.6 is 27.5 Å². The van der Waals surface area contributed by atoms with E-state index < -0.39 is 0 Å². The first-order chi connectivity index (χ1) is 8.24. The van der Waals surface area contributed by atoms with E-state index in [4.69, 9.17) is 16.3 Å². The fourth-order valence-corrected chi connectivity index (χ4v) is 2.13. The molecule has 0 bridgehead atoms. The van der Waals surface area contributed by atoms with Gasteiger partial charge in [-0.3, -0.25) is 0 Å². The van der Waals surface area contributed by atoms with Crippen LogP contribution in [0.5, 0.6) is 5.75 Å². The normalized spacial score (nSPS) is 10.2. The van der Waals surface area contributed by atoms with Crippen molar-refractivity contribution in [3.05, 3.63) is 63.6 Å². The zero-order chi connectivity index (χ0) is 12.1. The molecule has 0 N–H and O–H groups in total. The highest BCUT2D eigenvalue weighted by atomic mass is 79.9. The van der Waals surface area contributed by atoms with Gasteiger partial charge in [0.1, 0.15) is 5.75 Å². The molecule has 0 aromatic heterocycles. The molecular formula is C14H12BrClO. The number of benzene rings is 2.